The van der Waals surface area contributed by atoms with E-state index in [-0.39, 0.29) is 5.82 Å². The predicted molar refractivity (Wildman–Crippen MR) is 84.7 cm³/mol. The second-order valence-corrected chi connectivity index (χ2v) is 6.84. The third kappa shape index (κ3) is 4.27. The largest absolute Gasteiger partial charge is 0.308 e. The van der Waals surface area contributed by atoms with Crippen LogP contribution in [0.1, 0.15) is 44.2 Å². The van der Waals surface area contributed by atoms with E-state index in [2.05, 4.69) is 17.1 Å². The van der Waals surface area contributed by atoms with Crippen LogP contribution in [0.15, 0.2) is 24.3 Å². The highest BCUT2D eigenvalue weighted by Gasteiger charge is 2.32. The van der Waals surface area contributed by atoms with Crippen LogP contribution in [0.5, 0.6) is 0 Å². The van der Waals surface area contributed by atoms with Crippen molar-refractivity contribution >= 4 is 0 Å². The Labute approximate surface area is 127 Å². The summed E-state index contributed by atoms with van der Waals surface area (Å²) in [6, 6.07) is 7.45. The number of likely N-dealkylation sites (tertiary alicyclic amines) is 1. The van der Waals surface area contributed by atoms with E-state index in [1.54, 1.807) is 12.1 Å². The zero-order valence-corrected chi connectivity index (χ0v) is 13.0. The van der Waals surface area contributed by atoms with Gasteiger partial charge in [-0.3, -0.25) is 0 Å². The van der Waals surface area contributed by atoms with E-state index in [4.69, 9.17) is 0 Å². The molecule has 1 aliphatic carbocycles. The van der Waals surface area contributed by atoms with Gasteiger partial charge in [0.15, 0.2) is 0 Å². The lowest BCUT2D eigenvalue weighted by Gasteiger charge is -2.31. The Hall–Kier alpha value is -0.930. The number of hydrogen-bond donors (Lipinski definition) is 1. The summed E-state index contributed by atoms with van der Waals surface area (Å²) in [5, 5.41) is 3.71. The van der Waals surface area contributed by atoms with Gasteiger partial charge in [-0.2, -0.15) is 0 Å². The molecule has 0 radical (unpaired) electrons. The number of halogens is 1. The number of nitrogens with zero attached hydrogens (tertiary/aromatic N) is 1. The molecule has 1 unspecified atom stereocenters. The molecule has 3 rings (SSSR count). The van der Waals surface area contributed by atoms with Crippen molar-refractivity contribution in [3.05, 3.63) is 35.6 Å². The van der Waals surface area contributed by atoms with Crippen molar-refractivity contribution in [2.75, 3.05) is 26.2 Å². The van der Waals surface area contributed by atoms with Crippen LogP contribution in [0.2, 0.25) is 0 Å². The van der Waals surface area contributed by atoms with Crippen LogP contribution in [0.3, 0.4) is 0 Å². The lowest BCUT2D eigenvalue weighted by Crippen LogP contribution is -2.38. The summed E-state index contributed by atoms with van der Waals surface area (Å²) < 4.78 is 13.1. The highest BCUT2D eigenvalue weighted by atomic mass is 19.1. The van der Waals surface area contributed by atoms with Crippen LogP contribution in [-0.4, -0.2) is 31.1 Å². The first-order chi connectivity index (χ1) is 10.2. The van der Waals surface area contributed by atoms with Crippen molar-refractivity contribution < 1.29 is 4.39 Å². The summed E-state index contributed by atoms with van der Waals surface area (Å²) in [4.78, 5) is 2.57. The normalized spacial score (nSPS) is 22.4. The van der Waals surface area contributed by atoms with Crippen molar-refractivity contribution in [1.29, 1.82) is 0 Å². The Kier molecular flexibility index (Phi) is 4.91. The number of rotatable bonds is 6. The minimum absolute atomic E-state index is 0.143. The summed E-state index contributed by atoms with van der Waals surface area (Å²) in [7, 11) is 0. The molecule has 1 aromatic rings. The lowest BCUT2D eigenvalue weighted by molar-refractivity contribution is 0.190. The van der Waals surface area contributed by atoms with Crippen LogP contribution in [0.25, 0.3) is 0 Å². The summed E-state index contributed by atoms with van der Waals surface area (Å²) >= 11 is 0. The maximum Gasteiger partial charge on any atom is 0.123 e. The first-order valence-corrected chi connectivity index (χ1v) is 8.43. The maximum atomic E-state index is 13.1. The van der Waals surface area contributed by atoms with Crippen molar-refractivity contribution in [2.24, 2.45) is 11.8 Å². The second-order valence-electron chi connectivity index (χ2n) is 6.84. The van der Waals surface area contributed by atoms with E-state index in [9.17, 15) is 4.39 Å². The van der Waals surface area contributed by atoms with Crippen molar-refractivity contribution in [3.8, 4) is 0 Å². The zero-order chi connectivity index (χ0) is 14.7. The fourth-order valence-corrected chi connectivity index (χ4v) is 3.32. The first-order valence-electron chi connectivity index (χ1n) is 8.43. The minimum atomic E-state index is -0.143. The van der Waals surface area contributed by atoms with Crippen LogP contribution >= 0.6 is 0 Å². The quantitative estimate of drug-likeness (QED) is 0.861. The van der Waals surface area contributed by atoms with Crippen molar-refractivity contribution in [3.63, 3.8) is 0 Å². The average Bonchev–Trinajstić information content (AvgIpc) is 3.31. The third-order valence-corrected chi connectivity index (χ3v) is 4.99. The van der Waals surface area contributed by atoms with Gasteiger partial charge in [-0.1, -0.05) is 19.1 Å². The van der Waals surface area contributed by atoms with Crippen LogP contribution < -0.4 is 5.32 Å². The molecular formula is C18H27FN2. The number of hydrogen-bond acceptors (Lipinski definition) is 2. The molecule has 1 saturated heterocycles. The molecule has 0 amide bonds. The molecule has 0 spiro atoms. The Balaban J connectivity index is 1.48. The number of piperidine rings is 1. The van der Waals surface area contributed by atoms with E-state index < -0.39 is 0 Å². The van der Waals surface area contributed by atoms with E-state index in [1.165, 1.54) is 44.3 Å². The topological polar surface area (TPSA) is 15.3 Å². The number of nitrogens with one attached hydrogen (secondary N) is 1. The van der Waals surface area contributed by atoms with Gasteiger partial charge in [-0.15, -0.1) is 0 Å². The standard InChI is InChI=1S/C18H27FN2/c1-14-8-11-21(12-9-14)13-10-20-18(15-2-3-15)16-4-6-17(19)7-5-16/h4-7,14-15,18,20H,2-3,8-13H2,1H3. The van der Waals surface area contributed by atoms with Gasteiger partial charge in [0.25, 0.3) is 0 Å². The Morgan fingerprint density at radius 1 is 1.14 bits per heavy atom. The predicted octanol–water partition coefficient (Wildman–Crippen LogP) is 3.60. The molecule has 0 bridgehead atoms. The molecule has 2 fully saturated rings. The molecule has 3 heteroatoms. The number of benzene rings is 1. The first kappa shape index (κ1) is 15.0. The average molecular weight is 290 g/mol. The smallest absolute Gasteiger partial charge is 0.123 e. The molecular weight excluding hydrogens is 263 g/mol. The van der Waals surface area contributed by atoms with Gasteiger partial charge in [0.05, 0.1) is 0 Å². The Morgan fingerprint density at radius 3 is 2.43 bits per heavy atom. The van der Waals surface area contributed by atoms with Crippen molar-refractivity contribution in [2.45, 2.75) is 38.6 Å². The van der Waals surface area contributed by atoms with Gasteiger partial charge in [0.1, 0.15) is 5.82 Å². The SMILES string of the molecule is CC1CCN(CCNC(c2ccc(F)cc2)C2CC2)CC1. The summed E-state index contributed by atoms with van der Waals surface area (Å²) in [6.45, 7) is 7.01. The summed E-state index contributed by atoms with van der Waals surface area (Å²) in [5.41, 5.74) is 1.24. The van der Waals surface area contributed by atoms with Gasteiger partial charge in [-0.05, 0) is 68.3 Å². The summed E-state index contributed by atoms with van der Waals surface area (Å²) in [5.74, 6) is 1.50. The lowest BCUT2D eigenvalue weighted by atomic mass is 9.99. The third-order valence-electron chi connectivity index (χ3n) is 4.99. The van der Waals surface area contributed by atoms with E-state index in [0.29, 0.717) is 6.04 Å². The molecule has 1 saturated carbocycles. The molecule has 1 aliphatic heterocycles. The molecule has 0 aromatic heterocycles. The second kappa shape index (κ2) is 6.89. The van der Waals surface area contributed by atoms with Gasteiger partial charge in [0, 0.05) is 19.1 Å². The minimum Gasteiger partial charge on any atom is -0.308 e. The fraction of sp³-hybridized carbons (Fsp3) is 0.667. The molecule has 2 aliphatic rings. The molecule has 1 N–H and O–H groups in total. The summed E-state index contributed by atoms with van der Waals surface area (Å²) in [6.07, 6.45) is 5.28. The molecule has 1 aromatic carbocycles. The molecule has 2 nitrogen and oxygen atoms in total. The Bertz CT molecular complexity index is 433. The molecule has 116 valence electrons. The van der Waals surface area contributed by atoms with Crippen LogP contribution in [0.4, 0.5) is 4.39 Å². The van der Waals surface area contributed by atoms with Crippen LogP contribution in [0, 0.1) is 17.7 Å². The highest BCUT2D eigenvalue weighted by molar-refractivity contribution is 5.22. The molecule has 21 heavy (non-hydrogen) atoms. The van der Waals surface area contributed by atoms with E-state index >= 15 is 0 Å². The molecule has 1 atom stereocenters. The van der Waals surface area contributed by atoms with Crippen molar-refractivity contribution in [1.82, 2.24) is 10.2 Å². The van der Waals surface area contributed by atoms with Gasteiger partial charge in [-0.25, -0.2) is 4.39 Å². The zero-order valence-electron chi connectivity index (χ0n) is 13.0. The maximum absolute atomic E-state index is 13.1. The van der Waals surface area contributed by atoms with Gasteiger partial charge >= 0.3 is 0 Å². The van der Waals surface area contributed by atoms with Crippen LogP contribution in [-0.2, 0) is 0 Å². The monoisotopic (exact) mass is 290 g/mol. The van der Waals surface area contributed by atoms with Gasteiger partial charge < -0.3 is 10.2 Å². The van der Waals surface area contributed by atoms with E-state index in [0.717, 1.165) is 24.9 Å². The Morgan fingerprint density at radius 2 is 1.81 bits per heavy atom. The van der Waals surface area contributed by atoms with E-state index in [1.807, 2.05) is 12.1 Å². The molecule has 1 heterocycles. The van der Waals surface area contributed by atoms with Gasteiger partial charge in [0.2, 0.25) is 0 Å². The highest BCUT2D eigenvalue weighted by Crippen LogP contribution is 2.40. The fourth-order valence-electron chi connectivity index (χ4n) is 3.32.